The van der Waals surface area contributed by atoms with Gasteiger partial charge in [-0.1, -0.05) is 0 Å². The summed E-state index contributed by atoms with van der Waals surface area (Å²) in [5.74, 6) is -0.862. The second-order valence-corrected chi connectivity index (χ2v) is 8.37. The Bertz CT molecular complexity index is 747. The first-order chi connectivity index (χ1) is 9.29. The third kappa shape index (κ3) is 3.59. The number of nitrogen functional groups attached to an aromatic ring is 1. The Balaban J connectivity index is 2.27. The van der Waals surface area contributed by atoms with Crippen LogP contribution >= 0.6 is 43.2 Å². The third-order valence-corrected chi connectivity index (χ3v) is 6.04. The van der Waals surface area contributed by atoms with Crippen LogP contribution in [0.4, 0.5) is 10.1 Å². The van der Waals surface area contributed by atoms with Crippen LogP contribution in [0.3, 0.4) is 0 Å². The first-order valence-corrected chi connectivity index (χ1v) is 9.21. The van der Waals surface area contributed by atoms with Gasteiger partial charge in [0.1, 0.15) is 4.90 Å². The van der Waals surface area contributed by atoms with E-state index in [1.807, 2.05) is 5.38 Å². The van der Waals surface area contributed by atoms with Crippen LogP contribution in [0.1, 0.15) is 4.88 Å². The molecule has 4 nitrogen and oxygen atoms in total. The van der Waals surface area contributed by atoms with Crippen LogP contribution in [-0.2, 0) is 16.6 Å². The number of benzene rings is 1. The Morgan fingerprint density at radius 1 is 1.30 bits per heavy atom. The van der Waals surface area contributed by atoms with E-state index in [0.29, 0.717) is 0 Å². The van der Waals surface area contributed by atoms with Gasteiger partial charge in [0.2, 0.25) is 10.0 Å². The van der Waals surface area contributed by atoms with Crippen LogP contribution in [0, 0.1) is 5.82 Å². The SMILES string of the molecule is Nc1cc(Br)c(F)c(S(=O)(=O)NCc2cc(Br)cs2)c1. The van der Waals surface area contributed by atoms with Crippen molar-refractivity contribution in [2.24, 2.45) is 0 Å². The molecule has 0 amide bonds. The molecule has 0 atom stereocenters. The Labute approximate surface area is 136 Å². The van der Waals surface area contributed by atoms with Gasteiger partial charge in [-0.05, 0) is 50.1 Å². The average molecular weight is 444 g/mol. The third-order valence-electron chi connectivity index (χ3n) is 2.36. The molecule has 0 saturated carbocycles. The van der Waals surface area contributed by atoms with E-state index >= 15 is 0 Å². The van der Waals surface area contributed by atoms with Gasteiger partial charge < -0.3 is 5.73 Å². The van der Waals surface area contributed by atoms with Crippen LogP contribution in [0.25, 0.3) is 0 Å². The maximum Gasteiger partial charge on any atom is 0.243 e. The highest BCUT2D eigenvalue weighted by molar-refractivity contribution is 9.10. The molecule has 9 heteroatoms. The first kappa shape index (κ1) is 15.9. The molecule has 0 saturated heterocycles. The molecule has 3 N–H and O–H groups in total. The number of sulfonamides is 1. The number of thiophene rings is 1. The molecule has 0 aliphatic heterocycles. The number of hydrogen-bond acceptors (Lipinski definition) is 4. The minimum absolute atomic E-state index is 0.0109. The highest BCUT2D eigenvalue weighted by atomic mass is 79.9. The minimum Gasteiger partial charge on any atom is -0.399 e. The van der Waals surface area contributed by atoms with Crippen LogP contribution in [0.2, 0.25) is 0 Å². The molecular weight excluding hydrogens is 435 g/mol. The average Bonchev–Trinajstić information content (AvgIpc) is 2.77. The number of nitrogens with two attached hydrogens (primary N) is 1. The highest BCUT2D eigenvalue weighted by Gasteiger charge is 2.21. The Morgan fingerprint density at radius 2 is 2.00 bits per heavy atom. The van der Waals surface area contributed by atoms with Crippen molar-refractivity contribution in [3.8, 4) is 0 Å². The maximum absolute atomic E-state index is 13.9. The molecule has 0 spiro atoms. The molecule has 0 bridgehead atoms. The van der Waals surface area contributed by atoms with E-state index in [4.69, 9.17) is 5.73 Å². The van der Waals surface area contributed by atoms with Gasteiger partial charge in [0.05, 0.1) is 4.47 Å². The van der Waals surface area contributed by atoms with Crippen molar-refractivity contribution in [2.45, 2.75) is 11.4 Å². The lowest BCUT2D eigenvalue weighted by Crippen LogP contribution is -2.24. The fourth-order valence-corrected chi connectivity index (χ4v) is 4.70. The molecule has 2 aromatic rings. The lowest BCUT2D eigenvalue weighted by atomic mass is 10.3. The van der Waals surface area contributed by atoms with E-state index in [1.165, 1.54) is 17.4 Å². The van der Waals surface area contributed by atoms with Gasteiger partial charge in [-0.15, -0.1) is 11.3 Å². The highest BCUT2D eigenvalue weighted by Crippen LogP contribution is 2.26. The predicted molar refractivity (Wildman–Crippen MR) is 84.6 cm³/mol. The van der Waals surface area contributed by atoms with Crippen molar-refractivity contribution in [3.63, 3.8) is 0 Å². The minimum atomic E-state index is -3.97. The van der Waals surface area contributed by atoms with Crippen LogP contribution in [0.15, 0.2) is 37.4 Å². The summed E-state index contributed by atoms with van der Waals surface area (Å²) in [7, 11) is -3.97. The van der Waals surface area contributed by atoms with E-state index in [9.17, 15) is 12.8 Å². The molecule has 0 fully saturated rings. The molecule has 1 aromatic carbocycles. The standard InChI is InChI=1S/C11H9Br2FN2O2S2/c12-6-1-8(19-5-6)4-16-20(17,18)10-3-7(15)2-9(13)11(10)14/h1-3,5,16H,4,15H2. The summed E-state index contributed by atoms with van der Waals surface area (Å²) in [5, 5.41) is 1.83. The summed E-state index contributed by atoms with van der Waals surface area (Å²) in [5.41, 5.74) is 5.71. The molecule has 0 unspecified atom stereocenters. The van der Waals surface area contributed by atoms with Gasteiger partial charge in [-0.3, -0.25) is 0 Å². The van der Waals surface area contributed by atoms with E-state index in [1.54, 1.807) is 6.07 Å². The Morgan fingerprint density at radius 3 is 2.60 bits per heavy atom. The van der Waals surface area contributed by atoms with Crippen molar-refractivity contribution in [1.29, 1.82) is 0 Å². The van der Waals surface area contributed by atoms with E-state index < -0.39 is 20.7 Å². The summed E-state index contributed by atoms with van der Waals surface area (Å²) in [6.45, 7) is 0.0878. The van der Waals surface area contributed by atoms with E-state index in [2.05, 4.69) is 36.6 Å². The summed E-state index contributed by atoms with van der Waals surface area (Å²) < 4.78 is 41.3. The predicted octanol–water partition coefficient (Wildman–Crippen LogP) is 3.47. The Hall–Kier alpha value is -0.480. The summed E-state index contributed by atoms with van der Waals surface area (Å²) in [4.78, 5) is 0.337. The van der Waals surface area contributed by atoms with Crippen molar-refractivity contribution in [1.82, 2.24) is 4.72 Å². The van der Waals surface area contributed by atoms with Crippen LogP contribution in [0.5, 0.6) is 0 Å². The van der Waals surface area contributed by atoms with Gasteiger partial charge in [0, 0.05) is 27.0 Å². The van der Waals surface area contributed by atoms with Gasteiger partial charge in [-0.25, -0.2) is 17.5 Å². The largest absolute Gasteiger partial charge is 0.399 e. The molecule has 108 valence electrons. The van der Waals surface area contributed by atoms with Crippen molar-refractivity contribution in [3.05, 3.63) is 43.2 Å². The molecule has 1 heterocycles. The second-order valence-electron chi connectivity index (χ2n) is 3.87. The molecule has 0 aliphatic rings. The van der Waals surface area contributed by atoms with Gasteiger partial charge in [-0.2, -0.15) is 0 Å². The first-order valence-electron chi connectivity index (χ1n) is 5.26. The second kappa shape index (κ2) is 6.10. The maximum atomic E-state index is 13.9. The molecule has 0 aliphatic carbocycles. The zero-order valence-corrected chi connectivity index (χ0v) is 14.7. The summed E-state index contributed by atoms with van der Waals surface area (Å²) in [6, 6.07) is 4.19. The fourth-order valence-electron chi connectivity index (χ4n) is 1.47. The van der Waals surface area contributed by atoms with Crippen molar-refractivity contribution < 1.29 is 12.8 Å². The van der Waals surface area contributed by atoms with E-state index in [0.717, 1.165) is 15.4 Å². The van der Waals surface area contributed by atoms with Crippen LogP contribution in [-0.4, -0.2) is 8.42 Å². The van der Waals surface area contributed by atoms with Gasteiger partial charge >= 0.3 is 0 Å². The molecule has 2 rings (SSSR count). The number of halogens is 3. The van der Waals surface area contributed by atoms with Crippen molar-refractivity contribution in [2.75, 3.05) is 5.73 Å². The fraction of sp³-hybridized carbons (Fsp3) is 0.0909. The Kier molecular flexibility index (Phi) is 4.85. The number of rotatable bonds is 4. The number of anilines is 1. The molecule has 1 aromatic heterocycles. The quantitative estimate of drug-likeness (QED) is 0.710. The van der Waals surface area contributed by atoms with Crippen LogP contribution < -0.4 is 10.5 Å². The smallest absolute Gasteiger partial charge is 0.243 e. The zero-order valence-electron chi connectivity index (χ0n) is 9.86. The number of nitrogens with one attached hydrogen (secondary N) is 1. The normalized spacial score (nSPS) is 11.8. The van der Waals surface area contributed by atoms with Crippen molar-refractivity contribution >= 4 is 58.9 Å². The summed E-state index contributed by atoms with van der Waals surface area (Å²) in [6.07, 6.45) is 0. The van der Waals surface area contributed by atoms with Gasteiger partial charge in [0.15, 0.2) is 5.82 Å². The lowest BCUT2D eigenvalue weighted by molar-refractivity contribution is 0.554. The monoisotopic (exact) mass is 442 g/mol. The van der Waals surface area contributed by atoms with Gasteiger partial charge in [0.25, 0.3) is 0 Å². The molecule has 20 heavy (non-hydrogen) atoms. The lowest BCUT2D eigenvalue weighted by Gasteiger charge is -2.09. The van der Waals surface area contributed by atoms with E-state index in [-0.39, 0.29) is 16.7 Å². The zero-order chi connectivity index (χ0) is 14.9. The topological polar surface area (TPSA) is 72.2 Å². The molecular formula is C11H9Br2FN2O2S2. The summed E-state index contributed by atoms with van der Waals surface area (Å²) >= 11 is 7.61. The molecule has 0 radical (unpaired) electrons. The number of hydrogen-bond donors (Lipinski definition) is 2.